The molecule has 0 saturated carbocycles. The first-order valence-corrected chi connectivity index (χ1v) is 7.79. The standard InChI is InChI=1S/C14H25N5O.2ClH/c15-8-14-16-13(17-20-14)11-19-7-4-12(10-19)9-18-5-2-1-3-6-18;;/h12H,1-11,15H2;2*1H. The molecule has 1 unspecified atom stereocenters. The van der Waals surface area contributed by atoms with Gasteiger partial charge in [-0.25, -0.2) is 0 Å². The molecule has 22 heavy (non-hydrogen) atoms. The second-order valence-electron chi connectivity index (χ2n) is 6.06. The second kappa shape index (κ2) is 9.67. The van der Waals surface area contributed by atoms with E-state index in [1.54, 1.807) is 0 Å². The van der Waals surface area contributed by atoms with Crippen LogP contribution in [0.25, 0.3) is 0 Å². The summed E-state index contributed by atoms with van der Waals surface area (Å²) in [5.74, 6) is 2.10. The Morgan fingerprint density at radius 2 is 1.86 bits per heavy atom. The fourth-order valence-corrected chi connectivity index (χ4v) is 3.35. The smallest absolute Gasteiger partial charge is 0.240 e. The molecular formula is C14H27Cl2N5O. The van der Waals surface area contributed by atoms with Gasteiger partial charge in [0.1, 0.15) is 0 Å². The largest absolute Gasteiger partial charge is 0.338 e. The molecule has 0 aromatic carbocycles. The minimum Gasteiger partial charge on any atom is -0.338 e. The Kier molecular flexibility index (Phi) is 8.64. The van der Waals surface area contributed by atoms with E-state index in [9.17, 15) is 0 Å². The van der Waals surface area contributed by atoms with Gasteiger partial charge in [0, 0.05) is 13.1 Å². The van der Waals surface area contributed by atoms with E-state index < -0.39 is 0 Å². The Morgan fingerprint density at radius 3 is 2.55 bits per heavy atom. The molecule has 3 rings (SSSR count). The van der Waals surface area contributed by atoms with Crippen LogP contribution in [-0.2, 0) is 13.1 Å². The summed E-state index contributed by atoms with van der Waals surface area (Å²) in [6, 6.07) is 0. The molecule has 2 saturated heterocycles. The van der Waals surface area contributed by atoms with E-state index in [1.807, 2.05) is 0 Å². The van der Waals surface area contributed by atoms with E-state index in [4.69, 9.17) is 10.3 Å². The number of rotatable bonds is 5. The zero-order chi connectivity index (χ0) is 13.8. The van der Waals surface area contributed by atoms with Crippen molar-refractivity contribution in [1.82, 2.24) is 19.9 Å². The van der Waals surface area contributed by atoms with Gasteiger partial charge in [0.15, 0.2) is 5.82 Å². The molecule has 0 bridgehead atoms. The Balaban J connectivity index is 0.00000121. The van der Waals surface area contributed by atoms with Crippen LogP contribution < -0.4 is 5.73 Å². The van der Waals surface area contributed by atoms with Gasteiger partial charge in [-0.3, -0.25) is 4.90 Å². The Hall–Kier alpha value is -0.400. The molecule has 2 aliphatic rings. The lowest BCUT2D eigenvalue weighted by Gasteiger charge is -2.28. The molecule has 2 N–H and O–H groups in total. The number of nitrogens with two attached hydrogens (primary N) is 1. The lowest BCUT2D eigenvalue weighted by Crippen LogP contribution is -2.35. The monoisotopic (exact) mass is 351 g/mol. The first-order valence-electron chi connectivity index (χ1n) is 7.79. The van der Waals surface area contributed by atoms with Crippen molar-refractivity contribution < 1.29 is 4.52 Å². The number of aromatic nitrogens is 2. The van der Waals surface area contributed by atoms with Gasteiger partial charge in [-0.2, -0.15) is 4.98 Å². The highest BCUT2D eigenvalue weighted by molar-refractivity contribution is 5.85. The van der Waals surface area contributed by atoms with Gasteiger partial charge in [0.2, 0.25) is 5.89 Å². The number of halogens is 2. The summed E-state index contributed by atoms with van der Waals surface area (Å²) in [6.45, 7) is 7.26. The maximum atomic E-state index is 5.48. The molecule has 3 heterocycles. The summed E-state index contributed by atoms with van der Waals surface area (Å²) in [4.78, 5) is 9.35. The highest BCUT2D eigenvalue weighted by Gasteiger charge is 2.25. The third-order valence-corrected chi connectivity index (χ3v) is 4.38. The lowest BCUT2D eigenvalue weighted by molar-refractivity contribution is 0.192. The van der Waals surface area contributed by atoms with Gasteiger partial charge < -0.3 is 15.2 Å². The summed E-state index contributed by atoms with van der Waals surface area (Å²) in [5.41, 5.74) is 5.48. The van der Waals surface area contributed by atoms with Crippen molar-refractivity contribution in [3.8, 4) is 0 Å². The van der Waals surface area contributed by atoms with E-state index in [-0.39, 0.29) is 24.8 Å². The molecule has 6 nitrogen and oxygen atoms in total. The maximum Gasteiger partial charge on any atom is 0.240 e. The van der Waals surface area contributed by atoms with Crippen molar-refractivity contribution >= 4 is 24.8 Å². The Morgan fingerprint density at radius 1 is 1.09 bits per heavy atom. The van der Waals surface area contributed by atoms with Crippen molar-refractivity contribution in [2.24, 2.45) is 11.7 Å². The van der Waals surface area contributed by atoms with Gasteiger partial charge in [0.25, 0.3) is 0 Å². The van der Waals surface area contributed by atoms with Crippen molar-refractivity contribution in [2.45, 2.75) is 38.8 Å². The molecule has 128 valence electrons. The molecule has 1 aromatic rings. The average molecular weight is 352 g/mol. The summed E-state index contributed by atoms with van der Waals surface area (Å²) < 4.78 is 5.05. The Labute approximate surface area is 144 Å². The van der Waals surface area contributed by atoms with Gasteiger partial charge in [0.05, 0.1) is 13.1 Å². The zero-order valence-corrected chi connectivity index (χ0v) is 14.6. The predicted octanol–water partition coefficient (Wildman–Crippen LogP) is 1.68. The minimum atomic E-state index is 0. The van der Waals surface area contributed by atoms with Crippen molar-refractivity contribution in [3.63, 3.8) is 0 Å². The quantitative estimate of drug-likeness (QED) is 0.869. The van der Waals surface area contributed by atoms with Crippen LogP contribution in [0.15, 0.2) is 4.52 Å². The molecular weight excluding hydrogens is 325 g/mol. The van der Waals surface area contributed by atoms with E-state index in [0.717, 1.165) is 31.4 Å². The predicted molar refractivity (Wildman–Crippen MR) is 90.4 cm³/mol. The molecule has 8 heteroatoms. The summed E-state index contributed by atoms with van der Waals surface area (Å²) in [5, 5.41) is 3.97. The van der Waals surface area contributed by atoms with Crippen LogP contribution in [0.1, 0.15) is 37.4 Å². The van der Waals surface area contributed by atoms with E-state index >= 15 is 0 Å². The van der Waals surface area contributed by atoms with Gasteiger partial charge >= 0.3 is 0 Å². The summed E-state index contributed by atoms with van der Waals surface area (Å²) in [6.07, 6.45) is 5.45. The van der Waals surface area contributed by atoms with Crippen molar-refractivity contribution in [2.75, 3.05) is 32.7 Å². The van der Waals surface area contributed by atoms with Gasteiger partial charge in [-0.1, -0.05) is 11.6 Å². The number of hydrogen-bond donors (Lipinski definition) is 1. The summed E-state index contributed by atoms with van der Waals surface area (Å²) >= 11 is 0. The topological polar surface area (TPSA) is 71.4 Å². The van der Waals surface area contributed by atoms with Crippen LogP contribution in [0.3, 0.4) is 0 Å². The molecule has 2 fully saturated rings. The van der Waals surface area contributed by atoms with E-state index in [2.05, 4.69) is 19.9 Å². The Bertz CT molecular complexity index is 425. The first-order chi connectivity index (χ1) is 9.83. The fourth-order valence-electron chi connectivity index (χ4n) is 3.35. The van der Waals surface area contributed by atoms with Crippen LogP contribution >= 0.6 is 24.8 Å². The number of likely N-dealkylation sites (tertiary alicyclic amines) is 2. The lowest BCUT2D eigenvalue weighted by atomic mass is 10.1. The first kappa shape index (κ1) is 19.6. The average Bonchev–Trinajstić information content (AvgIpc) is 3.10. The molecule has 1 atom stereocenters. The van der Waals surface area contributed by atoms with Crippen LogP contribution in [0, 0.1) is 5.92 Å². The van der Waals surface area contributed by atoms with Crippen molar-refractivity contribution in [3.05, 3.63) is 11.7 Å². The molecule has 2 aliphatic heterocycles. The fraction of sp³-hybridized carbons (Fsp3) is 0.857. The number of nitrogens with zero attached hydrogens (tertiary/aromatic N) is 4. The van der Waals surface area contributed by atoms with Crippen LogP contribution in [-0.4, -0.2) is 52.7 Å². The van der Waals surface area contributed by atoms with Gasteiger partial charge in [-0.05, 0) is 44.8 Å². The van der Waals surface area contributed by atoms with E-state index in [0.29, 0.717) is 12.4 Å². The number of piperidine rings is 1. The maximum absolute atomic E-state index is 5.48. The molecule has 0 amide bonds. The normalized spacial score (nSPS) is 23.0. The third-order valence-electron chi connectivity index (χ3n) is 4.38. The molecule has 0 radical (unpaired) electrons. The SMILES string of the molecule is Cl.Cl.NCc1nc(CN2CCC(CN3CCCCC3)C2)no1. The van der Waals surface area contributed by atoms with Crippen LogP contribution in [0.4, 0.5) is 0 Å². The highest BCUT2D eigenvalue weighted by Crippen LogP contribution is 2.20. The van der Waals surface area contributed by atoms with Crippen LogP contribution in [0.5, 0.6) is 0 Å². The molecule has 0 aliphatic carbocycles. The second-order valence-corrected chi connectivity index (χ2v) is 6.06. The van der Waals surface area contributed by atoms with Crippen molar-refractivity contribution in [1.29, 1.82) is 0 Å². The highest BCUT2D eigenvalue weighted by atomic mass is 35.5. The summed E-state index contributed by atoms with van der Waals surface area (Å²) in [7, 11) is 0. The van der Waals surface area contributed by atoms with E-state index in [1.165, 1.54) is 45.3 Å². The minimum absolute atomic E-state index is 0. The zero-order valence-electron chi connectivity index (χ0n) is 12.9. The number of hydrogen-bond acceptors (Lipinski definition) is 6. The van der Waals surface area contributed by atoms with Crippen LogP contribution in [0.2, 0.25) is 0 Å². The molecule has 1 aromatic heterocycles. The molecule has 0 spiro atoms. The van der Waals surface area contributed by atoms with Gasteiger partial charge in [-0.15, -0.1) is 24.8 Å². The third kappa shape index (κ3) is 5.35.